The van der Waals surface area contributed by atoms with Gasteiger partial charge in [0.15, 0.2) is 0 Å². The molecule has 0 saturated heterocycles. The van der Waals surface area contributed by atoms with Crippen LogP contribution in [0, 0.1) is 0 Å². The molecule has 16 heavy (non-hydrogen) atoms. The number of benzene rings is 1. The molecule has 0 atom stereocenters. The summed E-state index contributed by atoms with van der Waals surface area (Å²) in [4.78, 5) is 7.19. The maximum atomic E-state index is 12.7. The minimum absolute atomic E-state index is 0.0296. The zero-order chi connectivity index (χ0) is 11.9. The molecule has 0 aliphatic rings. The number of alkyl halides is 3. The first-order valence-electron chi connectivity index (χ1n) is 4.16. The molecule has 1 aromatic heterocycles. The summed E-state index contributed by atoms with van der Waals surface area (Å²) in [5, 5.41) is 0.0450. The van der Waals surface area contributed by atoms with E-state index in [1.807, 2.05) is 0 Å². The molecule has 0 radical (unpaired) electrons. The van der Waals surface area contributed by atoms with E-state index >= 15 is 0 Å². The van der Waals surface area contributed by atoms with Gasteiger partial charge in [0.05, 0.1) is 11.1 Å². The van der Waals surface area contributed by atoms with Crippen LogP contribution < -0.4 is 5.73 Å². The molecule has 0 amide bonds. The number of hydrogen-bond acceptors (Lipinski definition) is 3. The van der Waals surface area contributed by atoms with E-state index in [9.17, 15) is 13.2 Å². The topological polar surface area (TPSA) is 51.8 Å². The third-order valence-corrected chi connectivity index (χ3v) is 2.26. The highest BCUT2D eigenvalue weighted by Crippen LogP contribution is 2.36. The van der Waals surface area contributed by atoms with Crippen LogP contribution in [-0.2, 0) is 6.18 Å². The van der Waals surface area contributed by atoms with Crippen molar-refractivity contribution in [1.29, 1.82) is 0 Å². The van der Waals surface area contributed by atoms with E-state index in [1.54, 1.807) is 0 Å². The number of rotatable bonds is 0. The second kappa shape index (κ2) is 3.48. The first-order chi connectivity index (χ1) is 7.39. The second-order valence-electron chi connectivity index (χ2n) is 3.11. The van der Waals surface area contributed by atoms with E-state index in [-0.39, 0.29) is 21.7 Å². The second-order valence-corrected chi connectivity index (χ2v) is 3.54. The van der Waals surface area contributed by atoms with Crippen molar-refractivity contribution in [3.8, 4) is 0 Å². The van der Waals surface area contributed by atoms with Crippen molar-refractivity contribution in [2.75, 3.05) is 5.73 Å². The van der Waals surface area contributed by atoms with Gasteiger partial charge in [0, 0.05) is 10.4 Å². The summed E-state index contributed by atoms with van der Waals surface area (Å²) in [6, 6.07) is 2.12. The minimum atomic E-state index is -4.52. The molecule has 84 valence electrons. The molecule has 0 bridgehead atoms. The molecule has 0 spiro atoms. The number of hydrogen-bond donors (Lipinski definition) is 1. The molecular weight excluding hydrogens is 243 g/mol. The molecule has 0 fully saturated rings. The summed E-state index contributed by atoms with van der Waals surface area (Å²) < 4.78 is 38.0. The van der Waals surface area contributed by atoms with Gasteiger partial charge < -0.3 is 5.73 Å². The van der Waals surface area contributed by atoms with Gasteiger partial charge in [-0.3, -0.25) is 0 Å². The Morgan fingerprint density at radius 1 is 1.19 bits per heavy atom. The number of halogens is 4. The maximum Gasteiger partial charge on any atom is 0.418 e. The van der Waals surface area contributed by atoms with Crippen LogP contribution in [0.3, 0.4) is 0 Å². The van der Waals surface area contributed by atoms with Gasteiger partial charge in [-0.2, -0.15) is 13.2 Å². The number of fused-ring (bicyclic) bond motifs is 1. The Balaban J connectivity index is 2.89. The van der Waals surface area contributed by atoms with Gasteiger partial charge in [0.1, 0.15) is 12.1 Å². The van der Waals surface area contributed by atoms with E-state index in [0.717, 1.165) is 12.4 Å². The Morgan fingerprint density at radius 2 is 1.88 bits per heavy atom. The monoisotopic (exact) mass is 247 g/mol. The number of nitrogens with zero attached hydrogens (tertiary/aromatic N) is 2. The third kappa shape index (κ3) is 1.76. The average molecular weight is 248 g/mol. The Bertz CT molecular complexity index is 553. The lowest BCUT2D eigenvalue weighted by Gasteiger charge is -2.10. The summed E-state index contributed by atoms with van der Waals surface area (Å²) in [5.41, 5.74) is 4.30. The normalized spacial score (nSPS) is 12.0. The van der Waals surface area contributed by atoms with Gasteiger partial charge in [-0.05, 0) is 12.1 Å². The van der Waals surface area contributed by atoms with Crippen molar-refractivity contribution >= 4 is 28.3 Å². The average Bonchev–Trinajstić information content (AvgIpc) is 2.17. The Morgan fingerprint density at radius 3 is 2.50 bits per heavy atom. The summed E-state index contributed by atoms with van der Waals surface area (Å²) >= 11 is 5.59. The molecule has 0 aliphatic carbocycles. The van der Waals surface area contributed by atoms with Crippen LogP contribution in [-0.4, -0.2) is 9.97 Å². The zero-order valence-corrected chi connectivity index (χ0v) is 8.47. The fourth-order valence-corrected chi connectivity index (χ4v) is 1.59. The molecule has 1 heterocycles. The van der Waals surface area contributed by atoms with E-state index < -0.39 is 11.7 Å². The SMILES string of the molecule is Nc1ncnc2c(C(F)(F)F)cc(Cl)cc12. The van der Waals surface area contributed by atoms with Crippen LogP contribution >= 0.6 is 11.6 Å². The summed E-state index contributed by atoms with van der Waals surface area (Å²) in [6.45, 7) is 0. The molecule has 0 saturated carbocycles. The summed E-state index contributed by atoms with van der Waals surface area (Å²) in [7, 11) is 0. The fraction of sp³-hybridized carbons (Fsp3) is 0.111. The number of nitrogens with two attached hydrogens (primary N) is 1. The highest BCUT2D eigenvalue weighted by atomic mass is 35.5. The lowest BCUT2D eigenvalue weighted by molar-refractivity contribution is -0.136. The van der Waals surface area contributed by atoms with Gasteiger partial charge in [0.25, 0.3) is 0 Å². The molecule has 2 N–H and O–H groups in total. The molecule has 0 unspecified atom stereocenters. The first-order valence-corrected chi connectivity index (χ1v) is 4.54. The van der Waals surface area contributed by atoms with Gasteiger partial charge >= 0.3 is 6.18 Å². The lowest BCUT2D eigenvalue weighted by atomic mass is 10.1. The standard InChI is InChI=1S/C9H5ClF3N3/c10-4-1-5-7(15-3-16-8(5)14)6(2-4)9(11,12)13/h1-3H,(H2,14,15,16). The van der Waals surface area contributed by atoms with Crippen molar-refractivity contribution in [2.45, 2.75) is 6.18 Å². The van der Waals surface area contributed by atoms with E-state index in [0.29, 0.717) is 0 Å². The minimum Gasteiger partial charge on any atom is -0.383 e. The summed E-state index contributed by atoms with van der Waals surface area (Å²) in [5.74, 6) is -0.0296. The van der Waals surface area contributed by atoms with Crippen molar-refractivity contribution < 1.29 is 13.2 Å². The van der Waals surface area contributed by atoms with E-state index in [4.69, 9.17) is 17.3 Å². The van der Waals surface area contributed by atoms with Crippen LogP contribution in [0.4, 0.5) is 19.0 Å². The van der Waals surface area contributed by atoms with Gasteiger partial charge in [0.2, 0.25) is 0 Å². The Kier molecular flexibility index (Phi) is 2.38. The van der Waals surface area contributed by atoms with E-state index in [2.05, 4.69) is 9.97 Å². The van der Waals surface area contributed by atoms with E-state index in [1.165, 1.54) is 6.07 Å². The van der Waals surface area contributed by atoms with Crippen molar-refractivity contribution in [2.24, 2.45) is 0 Å². The maximum absolute atomic E-state index is 12.7. The van der Waals surface area contributed by atoms with Crippen molar-refractivity contribution in [1.82, 2.24) is 9.97 Å². The zero-order valence-electron chi connectivity index (χ0n) is 7.72. The Hall–Kier alpha value is -1.56. The molecule has 7 heteroatoms. The molecule has 1 aromatic carbocycles. The Labute approximate surface area is 93.1 Å². The molecular formula is C9H5ClF3N3. The van der Waals surface area contributed by atoms with Crippen molar-refractivity contribution in [3.05, 3.63) is 29.0 Å². The summed E-state index contributed by atoms with van der Waals surface area (Å²) in [6.07, 6.45) is -3.54. The van der Waals surface area contributed by atoms with Gasteiger partial charge in [-0.1, -0.05) is 11.6 Å². The van der Waals surface area contributed by atoms with Crippen LogP contribution in [0.2, 0.25) is 5.02 Å². The smallest absolute Gasteiger partial charge is 0.383 e. The predicted molar refractivity (Wildman–Crippen MR) is 54.0 cm³/mol. The molecule has 2 aromatic rings. The highest BCUT2D eigenvalue weighted by molar-refractivity contribution is 6.31. The molecule has 3 nitrogen and oxygen atoms in total. The third-order valence-electron chi connectivity index (χ3n) is 2.04. The number of aromatic nitrogens is 2. The number of anilines is 1. The van der Waals surface area contributed by atoms with Crippen LogP contribution in [0.5, 0.6) is 0 Å². The molecule has 0 aliphatic heterocycles. The first kappa shape index (κ1) is 10.9. The lowest BCUT2D eigenvalue weighted by Crippen LogP contribution is -2.07. The quantitative estimate of drug-likeness (QED) is 0.779. The molecule has 2 rings (SSSR count). The van der Waals surface area contributed by atoms with Crippen LogP contribution in [0.25, 0.3) is 10.9 Å². The van der Waals surface area contributed by atoms with Crippen molar-refractivity contribution in [3.63, 3.8) is 0 Å². The highest BCUT2D eigenvalue weighted by Gasteiger charge is 2.34. The van der Waals surface area contributed by atoms with Crippen LogP contribution in [0.1, 0.15) is 5.56 Å². The fourth-order valence-electron chi connectivity index (χ4n) is 1.37. The number of nitrogen functional groups attached to an aromatic ring is 1. The van der Waals surface area contributed by atoms with Gasteiger partial charge in [-0.25, -0.2) is 9.97 Å². The largest absolute Gasteiger partial charge is 0.418 e. The van der Waals surface area contributed by atoms with Gasteiger partial charge in [-0.15, -0.1) is 0 Å². The predicted octanol–water partition coefficient (Wildman–Crippen LogP) is 2.88. The van der Waals surface area contributed by atoms with Crippen LogP contribution in [0.15, 0.2) is 18.5 Å².